The van der Waals surface area contributed by atoms with Gasteiger partial charge in [0, 0.05) is 11.4 Å². The fraction of sp³-hybridized carbons (Fsp3) is 0.278. The summed E-state index contributed by atoms with van der Waals surface area (Å²) in [6.45, 7) is 6.72. The minimum atomic E-state index is -0.101. The zero-order chi connectivity index (χ0) is 15.2. The molecular formula is C18H21NOS. The van der Waals surface area contributed by atoms with Crippen molar-refractivity contribution in [1.82, 2.24) is 5.32 Å². The van der Waals surface area contributed by atoms with Crippen LogP contribution in [0.25, 0.3) is 0 Å². The molecule has 21 heavy (non-hydrogen) atoms. The molecule has 1 atom stereocenters. The maximum Gasteiger partial charge on any atom is 0.233 e. The van der Waals surface area contributed by atoms with Crippen molar-refractivity contribution in [3.8, 4) is 0 Å². The molecule has 1 N–H and O–H groups in total. The first-order chi connectivity index (χ1) is 10.1. The van der Waals surface area contributed by atoms with E-state index in [1.165, 1.54) is 11.1 Å². The lowest BCUT2D eigenvalue weighted by Gasteiger charge is -2.13. The number of benzene rings is 2. The van der Waals surface area contributed by atoms with E-state index in [-0.39, 0.29) is 11.2 Å². The van der Waals surface area contributed by atoms with Crippen LogP contribution in [0.5, 0.6) is 0 Å². The van der Waals surface area contributed by atoms with Crippen LogP contribution < -0.4 is 5.32 Å². The summed E-state index contributed by atoms with van der Waals surface area (Å²) in [4.78, 5) is 13.3. The number of carbonyl (C=O) groups excluding carboxylic acids is 1. The highest BCUT2D eigenvalue weighted by Crippen LogP contribution is 2.25. The Balaban J connectivity index is 1.88. The Hall–Kier alpha value is -1.74. The Morgan fingerprint density at radius 3 is 2.48 bits per heavy atom. The van der Waals surface area contributed by atoms with Crippen LogP contribution in [0.2, 0.25) is 0 Å². The Morgan fingerprint density at radius 2 is 1.81 bits per heavy atom. The summed E-state index contributed by atoms with van der Waals surface area (Å²) in [5.74, 6) is 0.0714. The number of thioether (sulfide) groups is 1. The van der Waals surface area contributed by atoms with Gasteiger partial charge in [-0.3, -0.25) is 4.79 Å². The van der Waals surface area contributed by atoms with Crippen LogP contribution in [-0.4, -0.2) is 11.2 Å². The van der Waals surface area contributed by atoms with Gasteiger partial charge in [-0.25, -0.2) is 0 Å². The first-order valence-corrected chi connectivity index (χ1v) is 8.00. The molecule has 0 saturated heterocycles. The molecule has 1 amide bonds. The van der Waals surface area contributed by atoms with Crippen LogP contribution in [0.15, 0.2) is 53.4 Å². The van der Waals surface area contributed by atoms with Gasteiger partial charge >= 0.3 is 0 Å². The van der Waals surface area contributed by atoms with Crippen molar-refractivity contribution in [2.75, 3.05) is 0 Å². The molecule has 3 heteroatoms. The van der Waals surface area contributed by atoms with E-state index < -0.39 is 0 Å². The van der Waals surface area contributed by atoms with E-state index in [2.05, 4.69) is 37.4 Å². The lowest BCUT2D eigenvalue weighted by Crippen LogP contribution is -2.30. The molecule has 0 spiro atoms. The van der Waals surface area contributed by atoms with E-state index in [0.29, 0.717) is 6.54 Å². The molecule has 1 unspecified atom stereocenters. The second-order valence-corrected chi connectivity index (χ2v) is 6.62. The van der Waals surface area contributed by atoms with Crippen LogP contribution in [0, 0.1) is 13.8 Å². The lowest BCUT2D eigenvalue weighted by atomic mass is 10.1. The third-order valence-corrected chi connectivity index (χ3v) is 4.56. The van der Waals surface area contributed by atoms with Gasteiger partial charge in [0.25, 0.3) is 0 Å². The molecule has 0 heterocycles. The third-order valence-electron chi connectivity index (χ3n) is 3.47. The fourth-order valence-electron chi connectivity index (χ4n) is 1.97. The highest BCUT2D eigenvalue weighted by atomic mass is 32.2. The minimum absolute atomic E-state index is 0.0714. The molecular weight excluding hydrogens is 278 g/mol. The summed E-state index contributed by atoms with van der Waals surface area (Å²) < 4.78 is 0. The zero-order valence-electron chi connectivity index (χ0n) is 12.7. The van der Waals surface area contributed by atoms with Crippen molar-refractivity contribution in [1.29, 1.82) is 0 Å². The molecule has 2 rings (SSSR count). The number of amides is 1. The molecule has 0 saturated carbocycles. The number of aryl methyl sites for hydroxylation is 2. The van der Waals surface area contributed by atoms with Crippen molar-refractivity contribution in [2.24, 2.45) is 0 Å². The average molecular weight is 299 g/mol. The van der Waals surface area contributed by atoms with E-state index in [4.69, 9.17) is 0 Å². The number of hydrogen-bond acceptors (Lipinski definition) is 2. The van der Waals surface area contributed by atoms with E-state index >= 15 is 0 Å². The highest BCUT2D eigenvalue weighted by molar-refractivity contribution is 8.00. The van der Waals surface area contributed by atoms with Crippen LogP contribution >= 0.6 is 11.8 Å². The van der Waals surface area contributed by atoms with Gasteiger partial charge in [0.1, 0.15) is 0 Å². The van der Waals surface area contributed by atoms with Gasteiger partial charge in [0.2, 0.25) is 5.91 Å². The van der Waals surface area contributed by atoms with E-state index in [0.717, 1.165) is 10.5 Å². The predicted octanol–water partition coefficient (Wildman–Crippen LogP) is 4.10. The lowest BCUT2D eigenvalue weighted by molar-refractivity contribution is -0.120. The summed E-state index contributed by atoms with van der Waals surface area (Å²) in [5.41, 5.74) is 3.66. The molecule has 0 aromatic heterocycles. The normalized spacial score (nSPS) is 12.0. The summed E-state index contributed by atoms with van der Waals surface area (Å²) in [6.07, 6.45) is 0. The Kier molecular flexibility index (Phi) is 5.45. The molecule has 0 fully saturated rings. The van der Waals surface area contributed by atoms with Crippen LogP contribution in [0.1, 0.15) is 23.6 Å². The smallest absolute Gasteiger partial charge is 0.233 e. The Labute approximate surface area is 131 Å². The molecule has 0 aliphatic rings. The largest absolute Gasteiger partial charge is 0.351 e. The monoisotopic (exact) mass is 299 g/mol. The molecule has 2 aromatic rings. The van der Waals surface area contributed by atoms with Crippen LogP contribution in [0.4, 0.5) is 0 Å². The topological polar surface area (TPSA) is 29.1 Å². The zero-order valence-corrected chi connectivity index (χ0v) is 13.5. The van der Waals surface area contributed by atoms with Gasteiger partial charge in [-0.2, -0.15) is 0 Å². The van der Waals surface area contributed by atoms with Gasteiger partial charge < -0.3 is 5.32 Å². The summed E-state index contributed by atoms with van der Waals surface area (Å²) >= 11 is 1.60. The quantitative estimate of drug-likeness (QED) is 0.842. The average Bonchev–Trinajstić information content (AvgIpc) is 2.49. The van der Waals surface area contributed by atoms with E-state index in [1.807, 2.05) is 37.3 Å². The SMILES string of the molecule is Cc1ccc(SC(C)C(=O)NCc2ccccc2)cc1C. The van der Waals surface area contributed by atoms with Crippen molar-refractivity contribution in [3.63, 3.8) is 0 Å². The molecule has 2 aromatic carbocycles. The Bertz CT molecular complexity index is 610. The maximum atomic E-state index is 12.1. The van der Waals surface area contributed by atoms with Crippen molar-refractivity contribution >= 4 is 17.7 Å². The second kappa shape index (κ2) is 7.32. The third kappa shape index (κ3) is 4.64. The van der Waals surface area contributed by atoms with E-state index in [9.17, 15) is 4.79 Å². The summed E-state index contributed by atoms with van der Waals surface area (Å²) in [5, 5.41) is 2.88. The number of rotatable bonds is 5. The van der Waals surface area contributed by atoms with Crippen molar-refractivity contribution in [2.45, 2.75) is 37.5 Å². The number of nitrogens with one attached hydrogen (secondary N) is 1. The van der Waals surface area contributed by atoms with Gasteiger partial charge in [0.15, 0.2) is 0 Å². The minimum Gasteiger partial charge on any atom is -0.351 e. The molecule has 0 aliphatic carbocycles. The molecule has 0 radical (unpaired) electrons. The Morgan fingerprint density at radius 1 is 1.10 bits per heavy atom. The van der Waals surface area contributed by atoms with Crippen molar-refractivity contribution < 1.29 is 4.79 Å². The summed E-state index contributed by atoms with van der Waals surface area (Å²) in [7, 11) is 0. The molecule has 0 aliphatic heterocycles. The predicted molar refractivity (Wildman–Crippen MR) is 89.5 cm³/mol. The fourth-order valence-corrected chi connectivity index (χ4v) is 2.96. The van der Waals surface area contributed by atoms with E-state index in [1.54, 1.807) is 11.8 Å². The first kappa shape index (κ1) is 15.6. The number of carbonyl (C=O) groups is 1. The second-order valence-electron chi connectivity index (χ2n) is 5.21. The van der Waals surface area contributed by atoms with Gasteiger partial charge in [0.05, 0.1) is 5.25 Å². The highest BCUT2D eigenvalue weighted by Gasteiger charge is 2.14. The maximum absolute atomic E-state index is 12.1. The first-order valence-electron chi connectivity index (χ1n) is 7.12. The van der Waals surface area contributed by atoms with Gasteiger partial charge in [-0.05, 0) is 49.6 Å². The van der Waals surface area contributed by atoms with Crippen molar-refractivity contribution in [3.05, 3.63) is 65.2 Å². The standard InChI is InChI=1S/C18H21NOS/c1-13-9-10-17(11-14(13)2)21-15(3)18(20)19-12-16-7-5-4-6-8-16/h4-11,15H,12H2,1-3H3,(H,19,20). The molecule has 110 valence electrons. The number of hydrogen-bond donors (Lipinski definition) is 1. The van der Waals surface area contributed by atoms with Gasteiger partial charge in [-0.15, -0.1) is 11.8 Å². The molecule has 2 nitrogen and oxygen atoms in total. The van der Waals surface area contributed by atoms with Crippen LogP contribution in [0.3, 0.4) is 0 Å². The summed E-state index contributed by atoms with van der Waals surface area (Å²) in [6, 6.07) is 16.3. The van der Waals surface area contributed by atoms with Crippen LogP contribution in [-0.2, 0) is 11.3 Å². The molecule has 0 bridgehead atoms. The van der Waals surface area contributed by atoms with Gasteiger partial charge in [-0.1, -0.05) is 36.4 Å².